The third-order valence-electron chi connectivity index (χ3n) is 3.77. The van der Waals surface area contributed by atoms with Crippen molar-refractivity contribution in [3.63, 3.8) is 0 Å². The molecule has 0 unspecified atom stereocenters. The molecule has 9 heteroatoms. The molecular formula is C19H9F5N2O2. The Hall–Kier alpha value is -3.67. The molecule has 0 aliphatic rings. The van der Waals surface area contributed by atoms with Crippen molar-refractivity contribution in [2.45, 2.75) is 6.18 Å². The van der Waals surface area contributed by atoms with Gasteiger partial charge >= 0.3 is 6.18 Å². The third kappa shape index (κ3) is 3.44. The Balaban J connectivity index is 2.14. The lowest BCUT2D eigenvalue weighted by Gasteiger charge is -2.12. The van der Waals surface area contributed by atoms with Gasteiger partial charge in [0.25, 0.3) is 0 Å². The molecule has 0 saturated carbocycles. The highest BCUT2D eigenvalue weighted by Crippen LogP contribution is 2.36. The van der Waals surface area contributed by atoms with Gasteiger partial charge < -0.3 is 9.52 Å². The van der Waals surface area contributed by atoms with Crippen molar-refractivity contribution >= 4 is 11.3 Å². The Bertz CT molecular complexity index is 1090. The van der Waals surface area contributed by atoms with Crippen LogP contribution in [0.4, 0.5) is 22.0 Å². The standard InChI is InChI=1S/C19H9F5N2O2/c20-13-6-3-7-14(21)16(13)18-26-15(9-28-18)11(8-25)17(27)10-4-1-2-5-12(10)19(22,23)24/h1-7,9,27H. The molecule has 0 spiro atoms. The molecule has 28 heavy (non-hydrogen) atoms. The van der Waals surface area contributed by atoms with E-state index in [1.165, 1.54) is 6.07 Å². The van der Waals surface area contributed by atoms with Crippen LogP contribution in [-0.4, -0.2) is 10.1 Å². The van der Waals surface area contributed by atoms with E-state index in [1.807, 2.05) is 0 Å². The maximum absolute atomic E-state index is 13.8. The van der Waals surface area contributed by atoms with Crippen molar-refractivity contribution < 1.29 is 31.5 Å². The molecule has 4 nitrogen and oxygen atoms in total. The highest BCUT2D eigenvalue weighted by atomic mass is 19.4. The van der Waals surface area contributed by atoms with E-state index >= 15 is 0 Å². The lowest BCUT2D eigenvalue weighted by molar-refractivity contribution is -0.137. The number of oxazole rings is 1. The molecule has 0 radical (unpaired) electrons. The first-order valence-electron chi connectivity index (χ1n) is 7.64. The molecule has 0 bridgehead atoms. The molecule has 3 rings (SSSR count). The van der Waals surface area contributed by atoms with Crippen molar-refractivity contribution in [2.75, 3.05) is 0 Å². The third-order valence-corrected chi connectivity index (χ3v) is 3.77. The fraction of sp³-hybridized carbons (Fsp3) is 0.0526. The minimum atomic E-state index is -4.78. The van der Waals surface area contributed by atoms with Gasteiger partial charge in [0.15, 0.2) is 0 Å². The van der Waals surface area contributed by atoms with Crippen LogP contribution in [0.3, 0.4) is 0 Å². The van der Waals surface area contributed by atoms with Gasteiger partial charge in [-0.15, -0.1) is 0 Å². The summed E-state index contributed by atoms with van der Waals surface area (Å²) in [5.74, 6) is -3.50. The van der Waals surface area contributed by atoms with Crippen molar-refractivity contribution in [2.24, 2.45) is 0 Å². The van der Waals surface area contributed by atoms with E-state index < -0.39 is 51.7 Å². The van der Waals surface area contributed by atoms with Crippen LogP contribution in [0, 0.1) is 23.0 Å². The van der Waals surface area contributed by atoms with E-state index in [0.717, 1.165) is 42.7 Å². The summed E-state index contributed by atoms with van der Waals surface area (Å²) in [5, 5.41) is 19.6. The fourth-order valence-electron chi connectivity index (χ4n) is 2.51. The van der Waals surface area contributed by atoms with Crippen LogP contribution in [-0.2, 0) is 6.18 Å². The second kappa shape index (κ2) is 7.15. The smallest absolute Gasteiger partial charge is 0.417 e. The number of hydrogen-bond acceptors (Lipinski definition) is 4. The molecule has 2 aromatic carbocycles. The van der Waals surface area contributed by atoms with Crippen LogP contribution in [0.15, 0.2) is 53.1 Å². The number of aliphatic hydroxyl groups is 1. The van der Waals surface area contributed by atoms with E-state index in [4.69, 9.17) is 4.42 Å². The van der Waals surface area contributed by atoms with Crippen molar-refractivity contribution in [3.05, 3.63) is 77.2 Å². The first-order valence-corrected chi connectivity index (χ1v) is 7.64. The summed E-state index contributed by atoms with van der Waals surface area (Å²) in [6.07, 6.45) is -3.97. The summed E-state index contributed by atoms with van der Waals surface area (Å²) in [7, 11) is 0. The maximum Gasteiger partial charge on any atom is 0.417 e. The number of aromatic nitrogens is 1. The largest absolute Gasteiger partial charge is 0.506 e. The maximum atomic E-state index is 13.8. The minimum Gasteiger partial charge on any atom is -0.506 e. The number of allylic oxidation sites excluding steroid dienone is 1. The van der Waals surface area contributed by atoms with Gasteiger partial charge in [0.1, 0.15) is 46.6 Å². The molecule has 142 valence electrons. The molecule has 0 aliphatic carbocycles. The van der Waals surface area contributed by atoms with Crippen LogP contribution in [0.5, 0.6) is 0 Å². The molecular weight excluding hydrogens is 383 g/mol. The molecule has 0 amide bonds. The minimum absolute atomic E-state index is 0.380. The Labute approximate surface area is 154 Å². The highest BCUT2D eigenvalue weighted by Gasteiger charge is 2.34. The summed E-state index contributed by atoms with van der Waals surface area (Å²) < 4.78 is 72.1. The number of halogens is 5. The van der Waals surface area contributed by atoms with E-state index in [2.05, 4.69) is 4.98 Å². The van der Waals surface area contributed by atoms with Gasteiger partial charge in [-0.25, -0.2) is 13.8 Å². The zero-order chi connectivity index (χ0) is 20.5. The predicted molar refractivity (Wildman–Crippen MR) is 88.4 cm³/mol. The Morgan fingerprint density at radius 2 is 1.68 bits per heavy atom. The molecule has 0 saturated heterocycles. The van der Waals surface area contributed by atoms with E-state index in [0.29, 0.717) is 0 Å². The number of nitrogens with zero attached hydrogens (tertiary/aromatic N) is 2. The number of nitriles is 1. The summed E-state index contributed by atoms with van der Waals surface area (Å²) >= 11 is 0. The summed E-state index contributed by atoms with van der Waals surface area (Å²) in [4.78, 5) is 3.74. The van der Waals surface area contributed by atoms with E-state index in [1.54, 1.807) is 6.07 Å². The fourth-order valence-corrected chi connectivity index (χ4v) is 2.51. The number of benzene rings is 2. The average Bonchev–Trinajstić information content (AvgIpc) is 3.10. The Morgan fingerprint density at radius 1 is 1.04 bits per heavy atom. The lowest BCUT2D eigenvalue weighted by atomic mass is 10.0. The summed E-state index contributed by atoms with van der Waals surface area (Å²) in [5.41, 5.74) is -3.45. The van der Waals surface area contributed by atoms with Crippen LogP contribution in [0.2, 0.25) is 0 Å². The zero-order valence-corrected chi connectivity index (χ0v) is 13.8. The second-order valence-electron chi connectivity index (χ2n) is 5.51. The van der Waals surface area contributed by atoms with Gasteiger partial charge in [0.05, 0.1) is 5.56 Å². The van der Waals surface area contributed by atoms with E-state index in [9.17, 15) is 32.3 Å². The lowest BCUT2D eigenvalue weighted by Crippen LogP contribution is -2.09. The average molecular weight is 392 g/mol. The number of rotatable bonds is 3. The van der Waals surface area contributed by atoms with Gasteiger partial charge in [-0.1, -0.05) is 24.3 Å². The summed E-state index contributed by atoms with van der Waals surface area (Å²) in [6.45, 7) is 0. The van der Waals surface area contributed by atoms with Gasteiger partial charge in [-0.2, -0.15) is 18.4 Å². The number of aliphatic hydroxyl groups excluding tert-OH is 1. The van der Waals surface area contributed by atoms with Crippen molar-refractivity contribution in [1.29, 1.82) is 5.26 Å². The predicted octanol–water partition coefficient (Wildman–Crippen LogP) is 5.59. The Kier molecular flexibility index (Phi) is 4.88. The molecule has 1 heterocycles. The van der Waals surface area contributed by atoms with Gasteiger partial charge in [0.2, 0.25) is 5.89 Å². The summed E-state index contributed by atoms with van der Waals surface area (Å²) in [6, 6.07) is 8.68. The number of hydrogen-bond donors (Lipinski definition) is 1. The normalized spacial score (nSPS) is 12.4. The topological polar surface area (TPSA) is 70.0 Å². The Morgan fingerprint density at radius 3 is 2.29 bits per heavy atom. The quantitative estimate of drug-likeness (QED) is 0.358. The molecule has 3 aromatic rings. The molecule has 1 aromatic heterocycles. The first kappa shape index (κ1) is 19.1. The van der Waals surface area contributed by atoms with E-state index in [-0.39, 0.29) is 5.69 Å². The van der Waals surface area contributed by atoms with Crippen molar-refractivity contribution in [3.8, 4) is 17.5 Å². The monoisotopic (exact) mass is 392 g/mol. The van der Waals surface area contributed by atoms with Gasteiger partial charge in [0, 0.05) is 5.56 Å². The van der Waals surface area contributed by atoms with Crippen LogP contribution < -0.4 is 0 Å². The zero-order valence-electron chi connectivity index (χ0n) is 13.8. The first-order chi connectivity index (χ1) is 13.2. The van der Waals surface area contributed by atoms with Gasteiger partial charge in [-0.05, 0) is 18.2 Å². The SMILES string of the molecule is N#CC(=C(O)c1ccccc1C(F)(F)F)c1coc(-c2c(F)cccc2F)n1. The van der Waals surface area contributed by atoms with Crippen LogP contribution in [0.1, 0.15) is 16.8 Å². The highest BCUT2D eigenvalue weighted by molar-refractivity contribution is 5.93. The number of alkyl halides is 3. The molecule has 0 fully saturated rings. The van der Waals surface area contributed by atoms with Gasteiger partial charge in [-0.3, -0.25) is 0 Å². The van der Waals surface area contributed by atoms with Crippen LogP contribution in [0.25, 0.3) is 22.8 Å². The molecule has 0 aliphatic heterocycles. The second-order valence-corrected chi connectivity index (χ2v) is 5.51. The van der Waals surface area contributed by atoms with Crippen molar-refractivity contribution in [1.82, 2.24) is 4.98 Å². The molecule has 1 N–H and O–H groups in total. The molecule has 0 atom stereocenters. The van der Waals surface area contributed by atoms with Crippen LogP contribution >= 0.6 is 0 Å².